The Balaban J connectivity index is 1.52. The molecule has 2 heterocycles. The van der Waals surface area contributed by atoms with Crippen LogP contribution in [0.1, 0.15) is 29.8 Å². The van der Waals surface area contributed by atoms with Crippen LogP contribution in [-0.4, -0.2) is 38.8 Å². The van der Waals surface area contributed by atoms with Gasteiger partial charge in [0.25, 0.3) is 15.9 Å². The van der Waals surface area contributed by atoms with Gasteiger partial charge < -0.3 is 19.2 Å². The fourth-order valence-corrected chi connectivity index (χ4v) is 5.06. The molecule has 3 aromatic rings. The summed E-state index contributed by atoms with van der Waals surface area (Å²) >= 11 is 6.11. The third-order valence-electron chi connectivity index (χ3n) is 5.19. The standard InChI is InChI=1S/C23H23ClN2O6S/c1-30-17-6-8-18(9-7-17)31-20-10-5-16(24)15-19(20)25-23(27)21-11-12-22(32-21)33(28,29)26-13-3-2-4-14-26/h5-12,15H,2-4,13-14H2,1H3,(H,25,27). The second-order valence-corrected chi connectivity index (χ2v) is 9.76. The number of halogens is 1. The molecular weight excluding hydrogens is 468 g/mol. The molecule has 1 amide bonds. The number of furan rings is 1. The molecule has 174 valence electrons. The van der Waals surface area contributed by atoms with Gasteiger partial charge in [-0.05, 0) is 67.4 Å². The molecule has 0 radical (unpaired) electrons. The molecule has 1 saturated heterocycles. The van der Waals surface area contributed by atoms with Crippen molar-refractivity contribution in [3.05, 3.63) is 65.4 Å². The first kappa shape index (κ1) is 23.2. The van der Waals surface area contributed by atoms with Crippen LogP contribution in [0, 0.1) is 0 Å². The first-order chi connectivity index (χ1) is 15.9. The van der Waals surface area contributed by atoms with E-state index in [1.165, 1.54) is 22.5 Å². The van der Waals surface area contributed by atoms with Crippen molar-refractivity contribution in [2.24, 2.45) is 0 Å². The maximum absolute atomic E-state index is 12.8. The monoisotopic (exact) mass is 490 g/mol. The molecule has 4 rings (SSSR count). The normalized spacial score (nSPS) is 14.6. The molecule has 1 aliphatic rings. The number of methoxy groups -OCH3 is 1. The van der Waals surface area contributed by atoms with E-state index in [2.05, 4.69) is 5.32 Å². The quantitative estimate of drug-likeness (QED) is 0.491. The Kier molecular flexibility index (Phi) is 6.92. The minimum atomic E-state index is -3.78. The summed E-state index contributed by atoms with van der Waals surface area (Å²) in [7, 11) is -2.21. The summed E-state index contributed by atoms with van der Waals surface area (Å²) in [6, 6.07) is 14.4. The SMILES string of the molecule is COc1ccc(Oc2ccc(Cl)cc2NC(=O)c2ccc(S(=O)(=O)N3CCCCC3)o2)cc1. The summed E-state index contributed by atoms with van der Waals surface area (Å²) < 4.78 is 43.4. The molecule has 2 aromatic carbocycles. The van der Waals surface area contributed by atoms with E-state index in [4.69, 9.17) is 25.5 Å². The zero-order valence-corrected chi connectivity index (χ0v) is 19.5. The summed E-state index contributed by atoms with van der Waals surface area (Å²) in [5.41, 5.74) is 0.306. The molecule has 0 atom stereocenters. The number of hydrogen-bond acceptors (Lipinski definition) is 6. The van der Waals surface area contributed by atoms with Crippen LogP contribution in [0.3, 0.4) is 0 Å². The Morgan fingerprint density at radius 1 is 1.00 bits per heavy atom. The first-order valence-electron chi connectivity index (χ1n) is 10.4. The average molecular weight is 491 g/mol. The molecule has 1 aromatic heterocycles. The van der Waals surface area contributed by atoms with Gasteiger partial charge in [0.15, 0.2) is 11.5 Å². The molecule has 0 aliphatic carbocycles. The molecule has 0 unspecified atom stereocenters. The van der Waals surface area contributed by atoms with Crippen molar-refractivity contribution < 1.29 is 27.1 Å². The van der Waals surface area contributed by atoms with Crippen LogP contribution in [0.5, 0.6) is 17.2 Å². The Morgan fingerprint density at radius 2 is 1.70 bits per heavy atom. The van der Waals surface area contributed by atoms with Gasteiger partial charge in [-0.1, -0.05) is 18.0 Å². The predicted molar refractivity (Wildman–Crippen MR) is 124 cm³/mol. The lowest BCUT2D eigenvalue weighted by molar-refractivity contribution is 0.0991. The number of amides is 1. The van der Waals surface area contributed by atoms with Crippen molar-refractivity contribution in [3.63, 3.8) is 0 Å². The highest BCUT2D eigenvalue weighted by molar-refractivity contribution is 7.89. The lowest BCUT2D eigenvalue weighted by atomic mass is 10.2. The summed E-state index contributed by atoms with van der Waals surface area (Å²) in [5.74, 6) is 0.796. The van der Waals surface area contributed by atoms with Gasteiger partial charge in [-0.25, -0.2) is 8.42 Å². The number of benzene rings is 2. The summed E-state index contributed by atoms with van der Waals surface area (Å²) in [5, 5.41) is 2.81. The molecule has 1 fully saturated rings. The Labute approximate surface area is 197 Å². The van der Waals surface area contributed by atoms with E-state index in [1.54, 1.807) is 43.5 Å². The van der Waals surface area contributed by atoms with Crippen LogP contribution >= 0.6 is 11.6 Å². The van der Waals surface area contributed by atoms with E-state index in [9.17, 15) is 13.2 Å². The van der Waals surface area contributed by atoms with Crippen LogP contribution in [0.25, 0.3) is 0 Å². The number of nitrogens with one attached hydrogen (secondary N) is 1. The number of nitrogens with zero attached hydrogens (tertiary/aromatic N) is 1. The fourth-order valence-electron chi connectivity index (χ4n) is 3.46. The zero-order valence-electron chi connectivity index (χ0n) is 17.9. The average Bonchev–Trinajstić information content (AvgIpc) is 3.33. The molecule has 0 saturated carbocycles. The molecular formula is C23H23ClN2O6S. The topological polar surface area (TPSA) is 98.1 Å². The van der Waals surface area contributed by atoms with E-state index < -0.39 is 15.9 Å². The van der Waals surface area contributed by atoms with Crippen molar-refractivity contribution >= 4 is 33.2 Å². The smallest absolute Gasteiger partial charge is 0.291 e. The maximum Gasteiger partial charge on any atom is 0.291 e. The van der Waals surface area contributed by atoms with Crippen molar-refractivity contribution in [2.75, 3.05) is 25.5 Å². The molecule has 1 N–H and O–H groups in total. The number of piperidine rings is 1. The predicted octanol–water partition coefficient (Wildman–Crippen LogP) is 5.16. The molecule has 0 spiro atoms. The second kappa shape index (κ2) is 9.86. The highest BCUT2D eigenvalue weighted by atomic mass is 35.5. The lowest BCUT2D eigenvalue weighted by Crippen LogP contribution is -2.35. The van der Waals surface area contributed by atoms with E-state index in [-0.39, 0.29) is 10.9 Å². The van der Waals surface area contributed by atoms with Gasteiger partial charge in [0.05, 0.1) is 12.8 Å². The number of ether oxygens (including phenoxy) is 2. The maximum atomic E-state index is 12.8. The highest BCUT2D eigenvalue weighted by Gasteiger charge is 2.29. The van der Waals surface area contributed by atoms with Crippen molar-refractivity contribution in [3.8, 4) is 17.2 Å². The number of carbonyl (C=O) groups is 1. The molecule has 1 aliphatic heterocycles. The summed E-state index contributed by atoms with van der Waals surface area (Å²) in [6.45, 7) is 0.887. The lowest BCUT2D eigenvalue weighted by Gasteiger charge is -2.24. The molecule has 8 nitrogen and oxygen atoms in total. The zero-order chi connectivity index (χ0) is 23.4. The Bertz CT molecular complexity index is 1230. The number of hydrogen-bond donors (Lipinski definition) is 1. The van der Waals surface area contributed by atoms with Gasteiger partial charge in [-0.15, -0.1) is 0 Å². The van der Waals surface area contributed by atoms with Crippen LogP contribution in [-0.2, 0) is 10.0 Å². The van der Waals surface area contributed by atoms with Gasteiger partial charge >= 0.3 is 0 Å². The summed E-state index contributed by atoms with van der Waals surface area (Å²) in [4.78, 5) is 12.8. The van der Waals surface area contributed by atoms with E-state index in [0.717, 1.165) is 19.3 Å². The van der Waals surface area contributed by atoms with Gasteiger partial charge in [-0.3, -0.25) is 4.79 Å². The largest absolute Gasteiger partial charge is 0.497 e. The first-order valence-corrected chi connectivity index (χ1v) is 12.2. The van der Waals surface area contributed by atoms with Gasteiger partial charge in [0.1, 0.15) is 11.5 Å². The number of anilines is 1. The Hall–Kier alpha value is -3.01. The van der Waals surface area contributed by atoms with Crippen LogP contribution in [0.2, 0.25) is 5.02 Å². The fraction of sp³-hybridized carbons (Fsp3) is 0.261. The number of sulfonamides is 1. The van der Waals surface area contributed by atoms with E-state index in [0.29, 0.717) is 41.0 Å². The third kappa shape index (κ3) is 5.32. The minimum absolute atomic E-state index is 0.138. The van der Waals surface area contributed by atoms with Crippen LogP contribution in [0.4, 0.5) is 5.69 Å². The molecule has 0 bridgehead atoms. The third-order valence-corrected chi connectivity index (χ3v) is 7.20. The van der Waals surface area contributed by atoms with Crippen LogP contribution in [0.15, 0.2) is 64.1 Å². The molecule has 10 heteroatoms. The molecule has 33 heavy (non-hydrogen) atoms. The van der Waals surface area contributed by atoms with Gasteiger partial charge in [0, 0.05) is 18.1 Å². The number of carbonyl (C=O) groups excluding carboxylic acids is 1. The van der Waals surface area contributed by atoms with Gasteiger partial charge in [0.2, 0.25) is 5.09 Å². The van der Waals surface area contributed by atoms with Crippen LogP contribution < -0.4 is 14.8 Å². The number of rotatable bonds is 7. The Morgan fingerprint density at radius 3 is 2.39 bits per heavy atom. The minimum Gasteiger partial charge on any atom is -0.497 e. The van der Waals surface area contributed by atoms with E-state index in [1.807, 2.05) is 0 Å². The van der Waals surface area contributed by atoms with Crippen molar-refractivity contribution in [2.45, 2.75) is 24.4 Å². The van der Waals surface area contributed by atoms with E-state index >= 15 is 0 Å². The van der Waals surface area contributed by atoms with Crippen molar-refractivity contribution in [1.82, 2.24) is 4.31 Å². The van der Waals surface area contributed by atoms with Gasteiger partial charge in [-0.2, -0.15) is 4.31 Å². The second-order valence-electron chi connectivity index (χ2n) is 7.46. The van der Waals surface area contributed by atoms with Crippen molar-refractivity contribution in [1.29, 1.82) is 0 Å². The summed E-state index contributed by atoms with van der Waals surface area (Å²) in [6.07, 6.45) is 2.61. The highest BCUT2D eigenvalue weighted by Crippen LogP contribution is 2.33.